The molecule has 3 rings (SSSR count). The predicted octanol–water partition coefficient (Wildman–Crippen LogP) is 2.23. The van der Waals surface area contributed by atoms with Crippen LogP contribution in [0.15, 0.2) is 18.2 Å². The van der Waals surface area contributed by atoms with Gasteiger partial charge in [-0.3, -0.25) is 0 Å². The van der Waals surface area contributed by atoms with E-state index in [4.69, 9.17) is 10.1 Å². The molecule has 0 bridgehead atoms. The quantitative estimate of drug-likeness (QED) is 0.940. The maximum atomic E-state index is 9.25. The number of aromatic nitrogens is 3. The van der Waals surface area contributed by atoms with E-state index < -0.39 is 0 Å². The second-order valence-corrected chi connectivity index (χ2v) is 6.68. The topological polar surface area (TPSA) is 54.2 Å². The lowest BCUT2D eigenvalue weighted by Gasteiger charge is -2.20. The van der Waals surface area contributed by atoms with Crippen molar-refractivity contribution < 1.29 is 5.11 Å². The highest BCUT2D eigenvalue weighted by atomic mass is 16.3. The van der Waals surface area contributed by atoms with E-state index in [9.17, 15) is 5.11 Å². The molecule has 1 aromatic heterocycles. The Balaban J connectivity index is 2.10. The standard InChI is InChI=1S/C18H26N4O/c1-12-5-6-13(2)16(11-12)22-18(19-17(20-22)8-10-23)15-7-9-21(4)14(15)3/h5-6,11,14-15,23H,7-10H2,1-4H3/t14-,15-/m1/s1. The number of rotatable bonds is 4. The van der Waals surface area contributed by atoms with Crippen LogP contribution in [0.5, 0.6) is 0 Å². The number of nitrogens with zero attached hydrogens (tertiary/aromatic N) is 4. The zero-order chi connectivity index (χ0) is 16.6. The van der Waals surface area contributed by atoms with Crippen LogP contribution >= 0.6 is 0 Å². The number of hydrogen-bond donors (Lipinski definition) is 1. The summed E-state index contributed by atoms with van der Waals surface area (Å²) in [7, 11) is 2.16. The van der Waals surface area contributed by atoms with Gasteiger partial charge < -0.3 is 10.0 Å². The highest BCUT2D eigenvalue weighted by Crippen LogP contribution is 2.33. The van der Waals surface area contributed by atoms with Crippen LogP contribution in [0.4, 0.5) is 0 Å². The van der Waals surface area contributed by atoms with Crippen molar-refractivity contribution in [1.29, 1.82) is 0 Å². The number of aliphatic hydroxyl groups is 1. The van der Waals surface area contributed by atoms with Crippen molar-refractivity contribution >= 4 is 0 Å². The van der Waals surface area contributed by atoms with Crippen LogP contribution < -0.4 is 0 Å². The van der Waals surface area contributed by atoms with E-state index in [0.29, 0.717) is 18.4 Å². The van der Waals surface area contributed by atoms with E-state index in [1.165, 1.54) is 11.1 Å². The van der Waals surface area contributed by atoms with Gasteiger partial charge in [0.1, 0.15) is 5.82 Å². The van der Waals surface area contributed by atoms with E-state index >= 15 is 0 Å². The highest BCUT2D eigenvalue weighted by Gasteiger charge is 2.33. The largest absolute Gasteiger partial charge is 0.396 e. The smallest absolute Gasteiger partial charge is 0.153 e. The molecule has 5 heteroatoms. The van der Waals surface area contributed by atoms with Crippen molar-refractivity contribution in [3.05, 3.63) is 41.0 Å². The van der Waals surface area contributed by atoms with E-state index in [1.54, 1.807) is 0 Å². The molecule has 0 unspecified atom stereocenters. The summed E-state index contributed by atoms with van der Waals surface area (Å²) in [4.78, 5) is 7.15. The van der Waals surface area contributed by atoms with Crippen LogP contribution in [0, 0.1) is 13.8 Å². The average molecular weight is 314 g/mol. The van der Waals surface area contributed by atoms with Crippen molar-refractivity contribution in [3.8, 4) is 5.69 Å². The van der Waals surface area contributed by atoms with Crippen molar-refractivity contribution in [2.24, 2.45) is 0 Å². The molecule has 1 aliphatic heterocycles. The first-order chi connectivity index (χ1) is 11.0. The third kappa shape index (κ3) is 3.03. The van der Waals surface area contributed by atoms with Gasteiger partial charge in [-0.25, -0.2) is 9.67 Å². The summed E-state index contributed by atoms with van der Waals surface area (Å²) in [6.07, 6.45) is 1.60. The molecule has 0 amide bonds. The molecule has 1 saturated heterocycles. The SMILES string of the molecule is Cc1ccc(C)c(-n2nc(CCO)nc2[C@@H]2CCN(C)[C@@H]2C)c1. The maximum absolute atomic E-state index is 9.25. The fraction of sp³-hybridized carbons (Fsp3) is 0.556. The van der Waals surface area contributed by atoms with Crippen LogP contribution in [0.25, 0.3) is 5.69 Å². The van der Waals surface area contributed by atoms with Crippen LogP contribution in [-0.2, 0) is 6.42 Å². The molecule has 1 fully saturated rings. The van der Waals surface area contributed by atoms with Crippen molar-refractivity contribution in [1.82, 2.24) is 19.7 Å². The fourth-order valence-corrected chi connectivity index (χ4v) is 3.38. The molecular formula is C18H26N4O. The lowest BCUT2D eigenvalue weighted by atomic mass is 10.0. The molecular weight excluding hydrogens is 288 g/mol. The summed E-state index contributed by atoms with van der Waals surface area (Å²) < 4.78 is 2.01. The summed E-state index contributed by atoms with van der Waals surface area (Å²) >= 11 is 0. The predicted molar refractivity (Wildman–Crippen MR) is 91.1 cm³/mol. The van der Waals surface area contributed by atoms with Gasteiger partial charge in [-0.15, -0.1) is 0 Å². The third-order valence-corrected chi connectivity index (χ3v) is 5.01. The Bertz CT molecular complexity index is 694. The summed E-state index contributed by atoms with van der Waals surface area (Å²) in [6.45, 7) is 7.62. The van der Waals surface area contributed by atoms with E-state index in [0.717, 1.165) is 30.3 Å². The zero-order valence-electron chi connectivity index (χ0n) is 14.5. The van der Waals surface area contributed by atoms with E-state index in [-0.39, 0.29) is 6.61 Å². The summed E-state index contributed by atoms with van der Waals surface area (Å²) in [5.41, 5.74) is 3.50. The Labute approximate surface area is 138 Å². The van der Waals surface area contributed by atoms with Crippen molar-refractivity contribution in [2.75, 3.05) is 20.2 Å². The second kappa shape index (κ2) is 6.42. The Morgan fingerprint density at radius 2 is 2.09 bits per heavy atom. The Hall–Kier alpha value is -1.72. The summed E-state index contributed by atoms with van der Waals surface area (Å²) in [5.74, 6) is 2.13. The minimum atomic E-state index is 0.0797. The molecule has 5 nitrogen and oxygen atoms in total. The van der Waals surface area contributed by atoms with Gasteiger partial charge in [0.05, 0.1) is 12.3 Å². The molecule has 1 N–H and O–H groups in total. The number of likely N-dealkylation sites (tertiary alicyclic amines) is 1. The fourth-order valence-electron chi connectivity index (χ4n) is 3.38. The number of aliphatic hydroxyl groups excluding tert-OH is 1. The van der Waals surface area contributed by atoms with Crippen LogP contribution in [0.2, 0.25) is 0 Å². The first-order valence-corrected chi connectivity index (χ1v) is 8.36. The number of hydrogen-bond acceptors (Lipinski definition) is 4. The molecule has 0 aliphatic carbocycles. The minimum Gasteiger partial charge on any atom is -0.396 e. The molecule has 124 valence electrons. The molecule has 0 saturated carbocycles. The lowest BCUT2D eigenvalue weighted by Crippen LogP contribution is -2.26. The minimum absolute atomic E-state index is 0.0797. The van der Waals surface area contributed by atoms with Crippen LogP contribution in [0.3, 0.4) is 0 Å². The molecule has 2 aromatic rings. The number of benzene rings is 1. The number of aryl methyl sites for hydroxylation is 2. The Kier molecular flexibility index (Phi) is 4.50. The van der Waals surface area contributed by atoms with Gasteiger partial charge >= 0.3 is 0 Å². The second-order valence-electron chi connectivity index (χ2n) is 6.68. The highest BCUT2D eigenvalue weighted by molar-refractivity contribution is 5.43. The summed E-state index contributed by atoms with van der Waals surface area (Å²) in [5, 5.41) is 14.0. The Morgan fingerprint density at radius 3 is 2.74 bits per heavy atom. The summed E-state index contributed by atoms with van der Waals surface area (Å²) in [6, 6.07) is 6.87. The van der Waals surface area contributed by atoms with Gasteiger partial charge in [0.2, 0.25) is 0 Å². The Morgan fingerprint density at radius 1 is 1.30 bits per heavy atom. The molecule has 2 atom stereocenters. The third-order valence-electron chi connectivity index (χ3n) is 5.01. The van der Waals surface area contributed by atoms with Crippen LogP contribution in [-0.4, -0.2) is 51.0 Å². The van der Waals surface area contributed by atoms with Gasteiger partial charge in [-0.1, -0.05) is 12.1 Å². The maximum Gasteiger partial charge on any atom is 0.153 e. The molecule has 2 heterocycles. The molecule has 0 radical (unpaired) electrons. The lowest BCUT2D eigenvalue weighted by molar-refractivity contribution is 0.296. The first-order valence-electron chi connectivity index (χ1n) is 8.36. The van der Waals surface area contributed by atoms with Crippen LogP contribution in [0.1, 0.15) is 42.0 Å². The molecule has 23 heavy (non-hydrogen) atoms. The molecule has 1 aliphatic rings. The monoisotopic (exact) mass is 314 g/mol. The van der Waals surface area contributed by atoms with Gasteiger partial charge in [0.25, 0.3) is 0 Å². The van der Waals surface area contributed by atoms with E-state index in [2.05, 4.69) is 50.9 Å². The normalized spacial score (nSPS) is 22.0. The zero-order valence-corrected chi connectivity index (χ0v) is 14.5. The van der Waals surface area contributed by atoms with Crippen molar-refractivity contribution in [2.45, 2.75) is 45.6 Å². The molecule has 0 spiro atoms. The van der Waals surface area contributed by atoms with Gasteiger partial charge in [-0.2, -0.15) is 5.10 Å². The van der Waals surface area contributed by atoms with Gasteiger partial charge in [-0.05, 0) is 58.0 Å². The van der Waals surface area contributed by atoms with E-state index in [1.807, 2.05) is 4.68 Å². The van der Waals surface area contributed by atoms with Crippen molar-refractivity contribution in [3.63, 3.8) is 0 Å². The molecule has 1 aromatic carbocycles. The first kappa shape index (κ1) is 16.1. The van der Waals surface area contributed by atoms with Gasteiger partial charge in [0, 0.05) is 18.4 Å². The number of likely N-dealkylation sites (N-methyl/N-ethyl adjacent to an activating group) is 1. The van der Waals surface area contributed by atoms with Gasteiger partial charge in [0.15, 0.2) is 5.82 Å². The average Bonchev–Trinajstić information content (AvgIpc) is 3.07.